The Kier molecular flexibility index (Phi) is 4.17. The number of halogens is 3. The van der Waals surface area contributed by atoms with Crippen molar-refractivity contribution in [3.8, 4) is 0 Å². The number of methoxy groups -OCH3 is 1. The normalized spacial score (nSPS) is 19.3. The highest BCUT2D eigenvalue weighted by molar-refractivity contribution is 5.80. The molecule has 1 aromatic carbocycles. The summed E-state index contributed by atoms with van der Waals surface area (Å²) in [4.78, 5) is 5.87. The SMILES string of the molecule is COCCN1C(N)=NCC1c1cccc(C(F)(F)F)c1. The van der Waals surface area contributed by atoms with Gasteiger partial charge in [0.15, 0.2) is 5.96 Å². The van der Waals surface area contributed by atoms with Crippen LogP contribution in [0.25, 0.3) is 0 Å². The van der Waals surface area contributed by atoms with Gasteiger partial charge in [0.05, 0.1) is 24.8 Å². The predicted molar refractivity (Wildman–Crippen MR) is 69.3 cm³/mol. The Hall–Kier alpha value is -1.76. The van der Waals surface area contributed by atoms with Gasteiger partial charge in [0.1, 0.15) is 0 Å². The summed E-state index contributed by atoms with van der Waals surface area (Å²) in [6.07, 6.45) is -4.35. The molecule has 0 aliphatic carbocycles. The first-order valence-corrected chi connectivity index (χ1v) is 6.16. The fourth-order valence-electron chi connectivity index (χ4n) is 2.20. The largest absolute Gasteiger partial charge is 0.416 e. The zero-order valence-corrected chi connectivity index (χ0v) is 11.0. The number of hydrogen-bond acceptors (Lipinski definition) is 4. The summed E-state index contributed by atoms with van der Waals surface area (Å²) in [5.41, 5.74) is 5.67. The van der Waals surface area contributed by atoms with Crippen molar-refractivity contribution in [1.29, 1.82) is 0 Å². The van der Waals surface area contributed by atoms with Gasteiger partial charge in [-0.3, -0.25) is 4.99 Å². The molecule has 0 fully saturated rings. The summed E-state index contributed by atoms with van der Waals surface area (Å²) < 4.78 is 43.2. The lowest BCUT2D eigenvalue weighted by molar-refractivity contribution is -0.137. The highest BCUT2D eigenvalue weighted by Gasteiger charge is 2.33. The molecule has 1 heterocycles. The van der Waals surface area contributed by atoms with Crippen molar-refractivity contribution in [3.63, 3.8) is 0 Å². The van der Waals surface area contributed by atoms with Crippen LogP contribution in [0, 0.1) is 0 Å². The van der Waals surface area contributed by atoms with Crippen LogP contribution in [0.2, 0.25) is 0 Å². The molecule has 0 saturated heterocycles. The Bertz CT molecular complexity index is 502. The van der Waals surface area contributed by atoms with Gasteiger partial charge < -0.3 is 15.4 Å². The second-order valence-corrected chi connectivity index (χ2v) is 4.52. The van der Waals surface area contributed by atoms with Crippen molar-refractivity contribution in [2.24, 2.45) is 10.7 Å². The van der Waals surface area contributed by atoms with Gasteiger partial charge in [0.25, 0.3) is 0 Å². The number of nitrogens with zero attached hydrogens (tertiary/aromatic N) is 2. The van der Waals surface area contributed by atoms with Gasteiger partial charge in [-0.25, -0.2) is 0 Å². The fourth-order valence-corrected chi connectivity index (χ4v) is 2.20. The molecular formula is C13H16F3N3O. The Morgan fingerprint density at radius 2 is 2.20 bits per heavy atom. The van der Waals surface area contributed by atoms with Gasteiger partial charge in [-0.2, -0.15) is 13.2 Å². The molecule has 0 radical (unpaired) electrons. The zero-order valence-electron chi connectivity index (χ0n) is 11.0. The maximum Gasteiger partial charge on any atom is 0.416 e. The molecular weight excluding hydrogens is 271 g/mol. The zero-order chi connectivity index (χ0) is 14.8. The van der Waals surface area contributed by atoms with Gasteiger partial charge in [-0.15, -0.1) is 0 Å². The Labute approximate surface area is 115 Å². The minimum atomic E-state index is -4.35. The Morgan fingerprint density at radius 3 is 2.85 bits per heavy atom. The van der Waals surface area contributed by atoms with E-state index in [9.17, 15) is 13.2 Å². The van der Waals surface area contributed by atoms with Crippen molar-refractivity contribution >= 4 is 5.96 Å². The fraction of sp³-hybridized carbons (Fsp3) is 0.462. The van der Waals surface area contributed by atoms with Crippen LogP contribution >= 0.6 is 0 Å². The van der Waals surface area contributed by atoms with E-state index in [1.54, 1.807) is 18.1 Å². The number of hydrogen-bond donors (Lipinski definition) is 1. The van der Waals surface area contributed by atoms with E-state index in [1.807, 2.05) is 0 Å². The molecule has 0 spiro atoms. The Balaban J connectivity index is 2.23. The highest BCUT2D eigenvalue weighted by atomic mass is 19.4. The average Bonchev–Trinajstić information content (AvgIpc) is 2.77. The molecule has 1 unspecified atom stereocenters. The molecule has 4 nitrogen and oxygen atoms in total. The van der Waals surface area contributed by atoms with Crippen LogP contribution in [0.1, 0.15) is 17.2 Å². The monoisotopic (exact) mass is 287 g/mol. The predicted octanol–water partition coefficient (Wildman–Crippen LogP) is 2.02. The molecule has 1 aliphatic heterocycles. The maximum atomic E-state index is 12.7. The van der Waals surface area contributed by atoms with Crippen molar-refractivity contribution in [2.75, 3.05) is 26.8 Å². The molecule has 0 saturated carbocycles. The smallest absolute Gasteiger partial charge is 0.383 e. The third-order valence-corrected chi connectivity index (χ3v) is 3.23. The number of alkyl halides is 3. The first-order valence-electron chi connectivity index (χ1n) is 6.16. The van der Waals surface area contributed by atoms with Crippen molar-refractivity contribution < 1.29 is 17.9 Å². The Morgan fingerprint density at radius 1 is 1.45 bits per heavy atom. The van der Waals surface area contributed by atoms with Crippen LogP contribution in [0.4, 0.5) is 13.2 Å². The molecule has 2 rings (SSSR count). The number of aliphatic imine (C=N–C) groups is 1. The molecule has 0 amide bonds. The highest BCUT2D eigenvalue weighted by Crippen LogP contribution is 2.33. The summed E-state index contributed by atoms with van der Waals surface area (Å²) in [6, 6.07) is 5.00. The molecule has 2 N–H and O–H groups in total. The van der Waals surface area contributed by atoms with Gasteiger partial charge in [0.2, 0.25) is 0 Å². The van der Waals surface area contributed by atoms with E-state index in [-0.39, 0.29) is 6.04 Å². The van der Waals surface area contributed by atoms with Crippen molar-refractivity contribution in [3.05, 3.63) is 35.4 Å². The van der Waals surface area contributed by atoms with Crippen molar-refractivity contribution in [2.45, 2.75) is 12.2 Å². The van der Waals surface area contributed by atoms with E-state index >= 15 is 0 Å². The molecule has 1 aliphatic rings. The van der Waals surface area contributed by atoms with E-state index in [4.69, 9.17) is 10.5 Å². The minimum absolute atomic E-state index is 0.271. The van der Waals surface area contributed by atoms with Gasteiger partial charge in [0, 0.05) is 13.7 Å². The third kappa shape index (κ3) is 3.04. The second-order valence-electron chi connectivity index (χ2n) is 4.52. The number of ether oxygens (including phenoxy) is 1. The van der Waals surface area contributed by atoms with Crippen LogP contribution in [-0.2, 0) is 10.9 Å². The lowest BCUT2D eigenvalue weighted by atomic mass is 10.0. The summed E-state index contributed by atoms with van der Waals surface area (Å²) in [5, 5.41) is 0. The number of nitrogens with two attached hydrogens (primary N) is 1. The lowest BCUT2D eigenvalue weighted by Gasteiger charge is -2.26. The molecule has 1 aromatic rings. The van der Waals surface area contributed by atoms with Crippen LogP contribution in [0.5, 0.6) is 0 Å². The second kappa shape index (κ2) is 5.70. The van der Waals surface area contributed by atoms with E-state index in [0.717, 1.165) is 12.1 Å². The molecule has 110 valence electrons. The molecule has 0 bridgehead atoms. The number of benzene rings is 1. The molecule has 7 heteroatoms. The van der Waals surface area contributed by atoms with Crippen LogP contribution < -0.4 is 5.73 Å². The summed E-state index contributed by atoms with van der Waals surface area (Å²) in [7, 11) is 1.56. The molecule has 1 atom stereocenters. The summed E-state index contributed by atoms with van der Waals surface area (Å²) in [5.74, 6) is 0.337. The van der Waals surface area contributed by atoms with Gasteiger partial charge in [-0.1, -0.05) is 12.1 Å². The van der Waals surface area contributed by atoms with E-state index in [0.29, 0.717) is 31.2 Å². The minimum Gasteiger partial charge on any atom is -0.383 e. The van der Waals surface area contributed by atoms with Crippen LogP contribution in [0.15, 0.2) is 29.3 Å². The molecule has 0 aromatic heterocycles. The number of guanidine groups is 1. The quantitative estimate of drug-likeness (QED) is 0.921. The molecule has 20 heavy (non-hydrogen) atoms. The van der Waals surface area contributed by atoms with E-state index in [2.05, 4.69) is 4.99 Å². The summed E-state index contributed by atoms with van der Waals surface area (Å²) in [6.45, 7) is 1.29. The average molecular weight is 287 g/mol. The maximum absolute atomic E-state index is 12.7. The summed E-state index contributed by atoms with van der Waals surface area (Å²) >= 11 is 0. The standard InChI is InChI=1S/C13H16F3N3O/c1-20-6-5-19-11(8-18-12(19)17)9-3-2-4-10(7-9)13(14,15)16/h2-4,7,11H,5-6,8H2,1H3,(H2,17,18). The van der Waals surface area contributed by atoms with Gasteiger partial charge >= 0.3 is 6.18 Å². The van der Waals surface area contributed by atoms with Crippen LogP contribution in [-0.4, -0.2) is 37.7 Å². The third-order valence-electron chi connectivity index (χ3n) is 3.23. The first kappa shape index (κ1) is 14.6. The van der Waals surface area contributed by atoms with Crippen LogP contribution in [0.3, 0.4) is 0 Å². The lowest BCUT2D eigenvalue weighted by Crippen LogP contribution is -2.38. The van der Waals surface area contributed by atoms with E-state index < -0.39 is 11.7 Å². The number of rotatable bonds is 4. The van der Waals surface area contributed by atoms with Crippen molar-refractivity contribution in [1.82, 2.24) is 4.90 Å². The van der Waals surface area contributed by atoms with Gasteiger partial charge in [-0.05, 0) is 17.7 Å². The topological polar surface area (TPSA) is 50.9 Å². The first-order chi connectivity index (χ1) is 9.43. The van der Waals surface area contributed by atoms with E-state index in [1.165, 1.54) is 6.07 Å².